The number of aromatic carboxylic acids is 1. The third kappa shape index (κ3) is 3.28. The van der Waals surface area contributed by atoms with Gasteiger partial charge in [-0.05, 0) is 24.1 Å². The van der Waals surface area contributed by atoms with Crippen molar-refractivity contribution in [3.05, 3.63) is 47.9 Å². The van der Waals surface area contributed by atoms with Gasteiger partial charge in [0.1, 0.15) is 12.1 Å². The first-order chi connectivity index (χ1) is 9.06. The van der Waals surface area contributed by atoms with E-state index in [9.17, 15) is 4.79 Å². The average Bonchev–Trinajstić information content (AvgIpc) is 2.39. The standard InChI is InChI=1S/C14H14N2O3/c1-9(2)12-7-13(16-8-15-12)19-11-5-3-4-10(6-11)14(17)18/h3-9H,1-2H3,(H,17,18). The molecule has 0 bridgehead atoms. The Balaban J connectivity index is 2.23. The van der Waals surface area contributed by atoms with E-state index in [0.29, 0.717) is 11.6 Å². The van der Waals surface area contributed by atoms with Crippen LogP contribution in [-0.2, 0) is 0 Å². The summed E-state index contributed by atoms with van der Waals surface area (Å²) in [6.07, 6.45) is 1.44. The summed E-state index contributed by atoms with van der Waals surface area (Å²) in [7, 11) is 0. The molecule has 2 aromatic rings. The van der Waals surface area contributed by atoms with Crippen molar-refractivity contribution in [2.75, 3.05) is 0 Å². The van der Waals surface area contributed by atoms with E-state index in [1.54, 1.807) is 18.2 Å². The molecule has 0 amide bonds. The summed E-state index contributed by atoms with van der Waals surface area (Å²) < 4.78 is 5.55. The lowest BCUT2D eigenvalue weighted by molar-refractivity contribution is 0.0696. The number of aromatic nitrogens is 2. The molecule has 2 rings (SSSR count). The van der Waals surface area contributed by atoms with E-state index in [1.165, 1.54) is 18.5 Å². The molecule has 5 nitrogen and oxygen atoms in total. The van der Waals surface area contributed by atoms with Crippen LogP contribution in [0.1, 0.15) is 35.8 Å². The van der Waals surface area contributed by atoms with Crippen LogP contribution >= 0.6 is 0 Å². The van der Waals surface area contributed by atoms with Crippen molar-refractivity contribution < 1.29 is 14.6 Å². The zero-order chi connectivity index (χ0) is 13.8. The number of carbonyl (C=O) groups is 1. The predicted octanol–water partition coefficient (Wildman–Crippen LogP) is 3.09. The maximum Gasteiger partial charge on any atom is 0.335 e. The number of ether oxygens (including phenoxy) is 1. The van der Waals surface area contributed by atoms with Gasteiger partial charge in [-0.1, -0.05) is 19.9 Å². The number of rotatable bonds is 4. The largest absolute Gasteiger partial charge is 0.478 e. The molecule has 0 unspecified atom stereocenters. The van der Waals surface area contributed by atoms with Gasteiger partial charge in [0.2, 0.25) is 5.88 Å². The molecule has 0 saturated carbocycles. The molecule has 0 saturated heterocycles. The second-order valence-corrected chi connectivity index (χ2v) is 4.37. The van der Waals surface area contributed by atoms with E-state index in [4.69, 9.17) is 9.84 Å². The van der Waals surface area contributed by atoms with E-state index in [1.807, 2.05) is 13.8 Å². The molecule has 1 N–H and O–H groups in total. The Bertz CT molecular complexity index is 597. The van der Waals surface area contributed by atoms with Gasteiger partial charge < -0.3 is 9.84 Å². The second-order valence-electron chi connectivity index (χ2n) is 4.37. The Morgan fingerprint density at radius 1 is 1.26 bits per heavy atom. The van der Waals surface area contributed by atoms with Crippen LogP contribution in [0.3, 0.4) is 0 Å². The fraction of sp³-hybridized carbons (Fsp3) is 0.214. The number of carboxylic acid groups (broad SMARTS) is 1. The quantitative estimate of drug-likeness (QED) is 0.912. The summed E-state index contributed by atoms with van der Waals surface area (Å²) in [5, 5.41) is 8.91. The van der Waals surface area contributed by atoms with E-state index in [2.05, 4.69) is 9.97 Å². The predicted molar refractivity (Wildman–Crippen MR) is 69.6 cm³/mol. The number of benzene rings is 1. The van der Waals surface area contributed by atoms with Gasteiger partial charge in [0.05, 0.1) is 11.3 Å². The molecule has 0 atom stereocenters. The first-order valence-electron chi connectivity index (χ1n) is 5.89. The molecule has 1 aromatic heterocycles. The lowest BCUT2D eigenvalue weighted by Crippen LogP contribution is -1.98. The van der Waals surface area contributed by atoms with Crippen LogP contribution in [0.25, 0.3) is 0 Å². The maximum atomic E-state index is 10.9. The molecule has 1 heterocycles. The summed E-state index contributed by atoms with van der Waals surface area (Å²) in [6, 6.07) is 8.03. The van der Waals surface area contributed by atoms with Gasteiger partial charge >= 0.3 is 5.97 Å². The number of nitrogens with zero attached hydrogens (tertiary/aromatic N) is 2. The van der Waals surface area contributed by atoms with E-state index < -0.39 is 5.97 Å². The Kier molecular flexibility index (Phi) is 3.75. The fourth-order valence-corrected chi connectivity index (χ4v) is 1.54. The molecular formula is C14H14N2O3. The van der Waals surface area contributed by atoms with E-state index >= 15 is 0 Å². The van der Waals surface area contributed by atoms with Gasteiger partial charge in [0.25, 0.3) is 0 Å². The number of hydrogen-bond donors (Lipinski definition) is 1. The third-order valence-electron chi connectivity index (χ3n) is 2.56. The van der Waals surface area contributed by atoms with Gasteiger partial charge in [-0.3, -0.25) is 0 Å². The van der Waals surface area contributed by atoms with Gasteiger partial charge in [0, 0.05) is 6.07 Å². The normalized spacial score (nSPS) is 10.5. The summed E-state index contributed by atoms with van der Waals surface area (Å²) >= 11 is 0. The maximum absolute atomic E-state index is 10.9. The lowest BCUT2D eigenvalue weighted by Gasteiger charge is -2.08. The highest BCUT2D eigenvalue weighted by Gasteiger charge is 2.07. The van der Waals surface area contributed by atoms with Crippen molar-refractivity contribution in [2.24, 2.45) is 0 Å². The van der Waals surface area contributed by atoms with Crippen LogP contribution < -0.4 is 4.74 Å². The average molecular weight is 258 g/mol. The van der Waals surface area contributed by atoms with Crippen molar-refractivity contribution in [3.8, 4) is 11.6 Å². The minimum Gasteiger partial charge on any atom is -0.478 e. The third-order valence-corrected chi connectivity index (χ3v) is 2.56. The first-order valence-corrected chi connectivity index (χ1v) is 5.89. The molecule has 0 spiro atoms. The molecule has 0 radical (unpaired) electrons. The Labute approximate surface area is 110 Å². The Morgan fingerprint density at radius 3 is 2.74 bits per heavy atom. The van der Waals surface area contributed by atoms with E-state index in [-0.39, 0.29) is 11.5 Å². The SMILES string of the molecule is CC(C)c1cc(Oc2cccc(C(=O)O)c2)ncn1. The summed E-state index contributed by atoms with van der Waals surface area (Å²) in [5.41, 5.74) is 1.05. The number of carboxylic acids is 1. The molecule has 0 aliphatic rings. The van der Waals surface area contributed by atoms with Crippen molar-refractivity contribution in [1.29, 1.82) is 0 Å². The zero-order valence-corrected chi connectivity index (χ0v) is 10.7. The van der Waals surface area contributed by atoms with Gasteiger partial charge in [0.15, 0.2) is 0 Å². The summed E-state index contributed by atoms with van der Waals surface area (Å²) in [5.74, 6) is 0.126. The topological polar surface area (TPSA) is 72.3 Å². The molecule has 1 aromatic carbocycles. The van der Waals surface area contributed by atoms with Crippen LogP contribution in [0.4, 0.5) is 0 Å². The summed E-state index contributed by atoms with van der Waals surface area (Å²) in [6.45, 7) is 4.05. The van der Waals surface area contributed by atoms with Crippen LogP contribution in [0.2, 0.25) is 0 Å². The van der Waals surface area contributed by atoms with Gasteiger partial charge in [-0.15, -0.1) is 0 Å². The fourth-order valence-electron chi connectivity index (χ4n) is 1.54. The van der Waals surface area contributed by atoms with Crippen LogP contribution in [0.15, 0.2) is 36.7 Å². The minimum atomic E-state index is -0.990. The summed E-state index contributed by atoms with van der Waals surface area (Å²) in [4.78, 5) is 19.0. The molecule has 98 valence electrons. The molecule has 0 fully saturated rings. The second kappa shape index (κ2) is 5.48. The van der Waals surface area contributed by atoms with Crippen molar-refractivity contribution in [2.45, 2.75) is 19.8 Å². The van der Waals surface area contributed by atoms with Gasteiger partial charge in [-0.25, -0.2) is 14.8 Å². The molecule has 5 heteroatoms. The number of hydrogen-bond acceptors (Lipinski definition) is 4. The molecular weight excluding hydrogens is 244 g/mol. The highest BCUT2D eigenvalue weighted by Crippen LogP contribution is 2.22. The van der Waals surface area contributed by atoms with Crippen LogP contribution in [0.5, 0.6) is 11.6 Å². The van der Waals surface area contributed by atoms with Gasteiger partial charge in [-0.2, -0.15) is 0 Å². The Morgan fingerprint density at radius 2 is 2.05 bits per heavy atom. The first kappa shape index (κ1) is 13.0. The molecule has 19 heavy (non-hydrogen) atoms. The highest BCUT2D eigenvalue weighted by molar-refractivity contribution is 5.88. The van der Waals surface area contributed by atoms with E-state index in [0.717, 1.165) is 5.69 Å². The van der Waals surface area contributed by atoms with Crippen molar-refractivity contribution in [1.82, 2.24) is 9.97 Å². The van der Waals surface area contributed by atoms with Crippen LogP contribution in [0, 0.1) is 0 Å². The van der Waals surface area contributed by atoms with Crippen molar-refractivity contribution in [3.63, 3.8) is 0 Å². The highest BCUT2D eigenvalue weighted by atomic mass is 16.5. The molecule has 0 aliphatic heterocycles. The zero-order valence-electron chi connectivity index (χ0n) is 10.7. The lowest BCUT2D eigenvalue weighted by atomic mass is 10.1. The van der Waals surface area contributed by atoms with Crippen LogP contribution in [-0.4, -0.2) is 21.0 Å². The van der Waals surface area contributed by atoms with Crippen molar-refractivity contribution >= 4 is 5.97 Å². The Hall–Kier alpha value is -2.43. The molecule has 0 aliphatic carbocycles. The minimum absolute atomic E-state index is 0.177. The monoisotopic (exact) mass is 258 g/mol. The smallest absolute Gasteiger partial charge is 0.335 e.